The number of amides is 2. The molecular weight excluding hydrogens is 622 g/mol. The maximum absolute atomic E-state index is 12.9. The molecule has 1 saturated heterocycles. The van der Waals surface area contributed by atoms with Gasteiger partial charge >= 0.3 is 6.09 Å². The van der Waals surface area contributed by atoms with Gasteiger partial charge in [0.25, 0.3) is 0 Å². The number of carbonyl (C=O) groups is 2. The van der Waals surface area contributed by atoms with Crippen LogP contribution >= 0.6 is 43.5 Å². The van der Waals surface area contributed by atoms with Gasteiger partial charge in [-0.3, -0.25) is 9.78 Å². The molecule has 1 atom stereocenters. The number of carbonyl (C=O) groups excluding carboxylic acids is 2. The van der Waals surface area contributed by atoms with Crippen molar-refractivity contribution < 1.29 is 14.3 Å². The highest BCUT2D eigenvalue weighted by atomic mass is 79.9. The van der Waals surface area contributed by atoms with Gasteiger partial charge in [-0.05, 0) is 110 Å². The summed E-state index contributed by atoms with van der Waals surface area (Å²) in [4.78, 5) is 31.6. The number of halogens is 3. The third kappa shape index (κ3) is 7.27. The number of piperidine rings is 1. The molecule has 1 aliphatic carbocycles. The molecule has 9 heteroatoms. The van der Waals surface area contributed by atoms with Gasteiger partial charge < -0.3 is 15.0 Å². The summed E-state index contributed by atoms with van der Waals surface area (Å²) in [6.07, 6.45) is 6.12. The lowest BCUT2D eigenvalue weighted by molar-refractivity contribution is -0.132. The third-order valence-electron chi connectivity index (χ3n) is 7.02. The highest BCUT2D eigenvalue weighted by Crippen LogP contribution is 2.46. The van der Waals surface area contributed by atoms with Crippen LogP contribution in [-0.4, -0.2) is 47.1 Å². The van der Waals surface area contributed by atoms with Crippen LogP contribution in [0.15, 0.2) is 33.3 Å². The zero-order valence-electron chi connectivity index (χ0n) is 21.6. The number of ether oxygens (including phenoxy) is 1. The standard InChI is InChI=1S/C28H34Br2ClN3O3/c1-28(2,3)37-27(36)32-10-4-5-23(35)34-11-8-17(9-12-34)25-24-18(14-21(31)15-22(24)30)6-7-19-13-20(29)16-33-26(19)25/h13-17,25H,4-12H2,1-3H3,(H,32,36)/t25-/m1/s1. The second-order valence-corrected chi connectivity index (χ2v) is 13.1. The summed E-state index contributed by atoms with van der Waals surface area (Å²) in [6.45, 7) is 7.36. The van der Waals surface area contributed by atoms with Crippen molar-refractivity contribution in [1.82, 2.24) is 15.2 Å². The van der Waals surface area contributed by atoms with E-state index < -0.39 is 11.7 Å². The van der Waals surface area contributed by atoms with E-state index in [4.69, 9.17) is 21.3 Å². The Morgan fingerprint density at radius 1 is 1.14 bits per heavy atom. The third-order valence-corrected chi connectivity index (χ3v) is 8.32. The van der Waals surface area contributed by atoms with Gasteiger partial charge in [0, 0.05) is 52.1 Å². The molecule has 1 fully saturated rings. The number of aryl methyl sites for hydroxylation is 2. The van der Waals surface area contributed by atoms with Crippen molar-refractivity contribution in [1.29, 1.82) is 0 Å². The van der Waals surface area contributed by atoms with Gasteiger partial charge in [0.2, 0.25) is 5.91 Å². The number of likely N-dealkylation sites (tertiary alicyclic amines) is 1. The zero-order chi connectivity index (χ0) is 26.7. The number of nitrogens with zero attached hydrogens (tertiary/aromatic N) is 2. The molecule has 2 amide bonds. The SMILES string of the molecule is CC(C)(C)OC(=O)NCCCC(=O)N1CCC([C@H]2c3ncc(Br)cc3CCc3cc(Cl)cc(Br)c32)CC1. The van der Waals surface area contributed by atoms with E-state index in [9.17, 15) is 9.59 Å². The van der Waals surface area contributed by atoms with E-state index >= 15 is 0 Å². The summed E-state index contributed by atoms with van der Waals surface area (Å²) < 4.78 is 7.28. The Labute approximate surface area is 241 Å². The number of alkyl carbamates (subject to hydrolysis) is 1. The topological polar surface area (TPSA) is 71.5 Å². The van der Waals surface area contributed by atoms with Crippen LogP contribution in [0.25, 0.3) is 0 Å². The predicted octanol–water partition coefficient (Wildman–Crippen LogP) is 7.03. The summed E-state index contributed by atoms with van der Waals surface area (Å²) in [7, 11) is 0. The molecule has 1 aliphatic heterocycles. The molecule has 0 bridgehead atoms. The molecule has 0 unspecified atom stereocenters. The van der Waals surface area contributed by atoms with Gasteiger partial charge in [-0.1, -0.05) is 27.5 Å². The molecule has 0 saturated carbocycles. The van der Waals surface area contributed by atoms with Gasteiger partial charge in [-0.2, -0.15) is 0 Å². The molecule has 4 rings (SSSR count). The summed E-state index contributed by atoms with van der Waals surface area (Å²) in [5.41, 5.74) is 4.44. The van der Waals surface area contributed by atoms with Crippen molar-refractivity contribution in [3.63, 3.8) is 0 Å². The average molecular weight is 656 g/mol. The molecular formula is C28H34Br2ClN3O3. The minimum Gasteiger partial charge on any atom is -0.444 e. The fourth-order valence-electron chi connectivity index (χ4n) is 5.41. The van der Waals surface area contributed by atoms with Gasteiger partial charge in [0.15, 0.2) is 0 Å². The number of benzene rings is 1. The first kappa shape index (κ1) is 28.4. The van der Waals surface area contributed by atoms with Gasteiger partial charge in [-0.25, -0.2) is 4.79 Å². The fraction of sp³-hybridized carbons (Fsp3) is 0.536. The Bertz CT molecular complexity index is 1160. The number of fused-ring (bicyclic) bond motifs is 2. The van der Waals surface area contributed by atoms with Crippen molar-refractivity contribution in [3.8, 4) is 0 Å². The molecule has 200 valence electrons. The first-order chi connectivity index (χ1) is 17.5. The first-order valence-corrected chi connectivity index (χ1v) is 14.8. The second-order valence-electron chi connectivity index (χ2n) is 10.9. The monoisotopic (exact) mass is 653 g/mol. The first-order valence-electron chi connectivity index (χ1n) is 12.9. The molecule has 2 heterocycles. The van der Waals surface area contributed by atoms with E-state index in [2.05, 4.69) is 49.3 Å². The van der Waals surface area contributed by atoms with Crippen LogP contribution < -0.4 is 5.32 Å². The van der Waals surface area contributed by atoms with E-state index in [1.165, 1.54) is 16.7 Å². The smallest absolute Gasteiger partial charge is 0.407 e. The summed E-state index contributed by atoms with van der Waals surface area (Å²) in [5, 5.41) is 3.47. The number of rotatable bonds is 5. The minimum atomic E-state index is -0.531. The van der Waals surface area contributed by atoms with Crippen LogP contribution in [0.2, 0.25) is 5.02 Å². The fourth-order valence-corrected chi connectivity index (χ4v) is 6.91. The lowest BCUT2D eigenvalue weighted by atomic mass is 9.76. The van der Waals surface area contributed by atoms with Crippen LogP contribution in [0.1, 0.15) is 74.8 Å². The number of hydrogen-bond acceptors (Lipinski definition) is 4. The van der Waals surface area contributed by atoms with Crippen molar-refractivity contribution in [2.75, 3.05) is 19.6 Å². The lowest BCUT2D eigenvalue weighted by Crippen LogP contribution is -2.40. The Kier molecular flexibility index (Phi) is 9.23. The molecule has 1 aromatic carbocycles. The summed E-state index contributed by atoms with van der Waals surface area (Å²) >= 11 is 13.8. The minimum absolute atomic E-state index is 0.140. The molecule has 6 nitrogen and oxygen atoms in total. The molecule has 37 heavy (non-hydrogen) atoms. The molecule has 1 aromatic heterocycles. The molecule has 0 radical (unpaired) electrons. The Hall–Kier alpha value is -1.64. The van der Waals surface area contributed by atoms with Gasteiger partial charge in [0.05, 0.1) is 5.69 Å². The van der Waals surface area contributed by atoms with E-state index in [1.54, 1.807) is 0 Å². The van der Waals surface area contributed by atoms with E-state index in [-0.39, 0.29) is 11.8 Å². The largest absolute Gasteiger partial charge is 0.444 e. The van der Waals surface area contributed by atoms with Gasteiger partial charge in [-0.15, -0.1) is 0 Å². The number of hydrogen-bond donors (Lipinski definition) is 1. The number of nitrogens with one attached hydrogen (secondary N) is 1. The lowest BCUT2D eigenvalue weighted by Gasteiger charge is -2.37. The molecule has 0 spiro atoms. The van der Waals surface area contributed by atoms with Crippen LogP contribution in [0.5, 0.6) is 0 Å². The van der Waals surface area contributed by atoms with E-state index in [0.29, 0.717) is 25.3 Å². The second kappa shape index (κ2) is 12.0. The Balaban J connectivity index is 1.41. The quantitative estimate of drug-likeness (QED) is 0.351. The van der Waals surface area contributed by atoms with Crippen LogP contribution in [-0.2, 0) is 22.4 Å². The molecule has 1 N–H and O–H groups in total. The van der Waals surface area contributed by atoms with Crippen molar-refractivity contribution in [2.45, 2.75) is 70.8 Å². The van der Waals surface area contributed by atoms with Crippen molar-refractivity contribution in [2.24, 2.45) is 5.92 Å². The normalized spacial score (nSPS) is 18.0. The number of pyridine rings is 1. The average Bonchev–Trinajstić information content (AvgIpc) is 2.97. The maximum Gasteiger partial charge on any atom is 0.407 e. The van der Waals surface area contributed by atoms with Crippen LogP contribution in [0.4, 0.5) is 4.79 Å². The highest BCUT2D eigenvalue weighted by molar-refractivity contribution is 9.10. The Morgan fingerprint density at radius 2 is 1.84 bits per heavy atom. The molecule has 2 aliphatic rings. The number of aromatic nitrogens is 1. The van der Waals surface area contributed by atoms with Crippen LogP contribution in [0, 0.1) is 5.92 Å². The predicted molar refractivity (Wildman–Crippen MR) is 153 cm³/mol. The zero-order valence-corrected chi connectivity index (χ0v) is 25.5. The van der Waals surface area contributed by atoms with Gasteiger partial charge in [0.1, 0.15) is 5.60 Å². The highest BCUT2D eigenvalue weighted by Gasteiger charge is 2.36. The van der Waals surface area contributed by atoms with Crippen molar-refractivity contribution in [3.05, 3.63) is 60.7 Å². The summed E-state index contributed by atoms with van der Waals surface area (Å²) in [6, 6.07) is 6.28. The van der Waals surface area contributed by atoms with E-state index in [1.807, 2.05) is 37.9 Å². The van der Waals surface area contributed by atoms with Crippen molar-refractivity contribution >= 4 is 55.5 Å². The molecule has 2 aromatic rings. The maximum atomic E-state index is 12.9. The Morgan fingerprint density at radius 3 is 2.54 bits per heavy atom. The van der Waals surface area contributed by atoms with Crippen LogP contribution in [0.3, 0.4) is 0 Å². The summed E-state index contributed by atoms with van der Waals surface area (Å²) in [5.74, 6) is 0.670. The van der Waals surface area contributed by atoms with E-state index in [0.717, 1.165) is 58.4 Å².